The molecule has 0 fully saturated rings. The number of likely N-dealkylation sites (N-methyl/N-ethyl adjacent to an activating group) is 1. The average molecular weight is 415 g/mol. The van der Waals surface area contributed by atoms with Crippen molar-refractivity contribution in [3.63, 3.8) is 0 Å². The van der Waals surface area contributed by atoms with Crippen LogP contribution in [-0.4, -0.2) is 37.5 Å². The van der Waals surface area contributed by atoms with E-state index in [1.165, 1.54) is 7.11 Å². The lowest BCUT2D eigenvalue weighted by molar-refractivity contribution is -0.123. The van der Waals surface area contributed by atoms with E-state index in [0.29, 0.717) is 23.2 Å². The normalized spacial score (nSPS) is 10.5. The smallest absolute Gasteiger partial charge is 0.257 e. The van der Waals surface area contributed by atoms with E-state index >= 15 is 0 Å². The molecule has 0 saturated heterocycles. The summed E-state index contributed by atoms with van der Waals surface area (Å²) >= 11 is 5.30. The van der Waals surface area contributed by atoms with Gasteiger partial charge < -0.3 is 20.1 Å². The summed E-state index contributed by atoms with van der Waals surface area (Å²) in [7, 11) is 1.54. The minimum atomic E-state index is -0.186. The molecule has 154 valence electrons. The van der Waals surface area contributed by atoms with Crippen molar-refractivity contribution < 1.29 is 14.3 Å². The van der Waals surface area contributed by atoms with Crippen molar-refractivity contribution in [1.82, 2.24) is 10.7 Å². The Morgan fingerprint density at radius 1 is 1.17 bits per heavy atom. The Morgan fingerprint density at radius 2 is 1.90 bits per heavy atom. The number of aryl methyl sites for hydroxylation is 2. The van der Waals surface area contributed by atoms with Gasteiger partial charge in [0, 0.05) is 12.2 Å². The summed E-state index contributed by atoms with van der Waals surface area (Å²) in [5.41, 5.74) is 6.77. The van der Waals surface area contributed by atoms with Crippen LogP contribution >= 0.6 is 12.2 Å². The molecule has 0 aliphatic carbocycles. The number of hydrogen-bond acceptors (Lipinski definition) is 5. The second-order valence-electron chi connectivity index (χ2n) is 6.24. The van der Waals surface area contributed by atoms with Gasteiger partial charge in [0.15, 0.2) is 23.2 Å². The lowest BCUT2D eigenvalue weighted by atomic mass is 10.1. The number of ether oxygens (including phenoxy) is 2. The molecule has 2 aromatic carbocycles. The molecule has 3 N–H and O–H groups in total. The van der Waals surface area contributed by atoms with Crippen LogP contribution in [0, 0.1) is 13.8 Å². The van der Waals surface area contributed by atoms with E-state index in [0.717, 1.165) is 22.4 Å². The molecule has 0 aromatic heterocycles. The van der Waals surface area contributed by atoms with Crippen LogP contribution < -0.4 is 25.5 Å². The number of hydrogen-bond donors (Lipinski definition) is 3. The van der Waals surface area contributed by atoms with Gasteiger partial charge in [-0.3, -0.25) is 10.2 Å². The maximum absolute atomic E-state index is 11.5. The summed E-state index contributed by atoms with van der Waals surface area (Å²) in [6.07, 6.45) is 1.62. The standard InChI is InChI=1S/C21H26N4O3S/c1-5-22-19(26)13-28-17-10-9-16(11-18(17)27-4)12-23-25-21(29)24-20-14(2)7-6-8-15(20)3/h6-12H,5,13H2,1-4H3,(H,22,26)(H2,24,25,29)/b23-12+. The van der Waals surface area contributed by atoms with Gasteiger partial charge in [-0.15, -0.1) is 0 Å². The first-order valence-corrected chi connectivity index (χ1v) is 9.59. The fraction of sp³-hybridized carbons (Fsp3) is 0.286. The van der Waals surface area contributed by atoms with E-state index in [1.807, 2.05) is 45.0 Å². The van der Waals surface area contributed by atoms with Crippen molar-refractivity contribution in [2.45, 2.75) is 20.8 Å². The highest BCUT2D eigenvalue weighted by Crippen LogP contribution is 2.27. The highest BCUT2D eigenvalue weighted by Gasteiger charge is 2.08. The summed E-state index contributed by atoms with van der Waals surface area (Å²) in [5, 5.41) is 10.4. The number of thiocarbonyl (C=S) groups is 1. The highest BCUT2D eigenvalue weighted by molar-refractivity contribution is 7.80. The van der Waals surface area contributed by atoms with Crippen molar-refractivity contribution in [1.29, 1.82) is 0 Å². The maximum atomic E-state index is 11.5. The quantitative estimate of drug-likeness (QED) is 0.350. The number of rotatable bonds is 8. The Morgan fingerprint density at radius 3 is 2.55 bits per heavy atom. The van der Waals surface area contributed by atoms with Crippen LogP contribution in [-0.2, 0) is 4.79 Å². The summed E-state index contributed by atoms with van der Waals surface area (Å²) in [6.45, 7) is 6.37. The van der Waals surface area contributed by atoms with Crippen LogP contribution in [0.15, 0.2) is 41.5 Å². The lowest BCUT2D eigenvalue weighted by Gasteiger charge is -2.12. The fourth-order valence-electron chi connectivity index (χ4n) is 2.59. The SMILES string of the molecule is CCNC(=O)COc1ccc(/C=N/NC(=S)Nc2c(C)cccc2C)cc1OC. The zero-order chi connectivity index (χ0) is 21.2. The average Bonchev–Trinajstić information content (AvgIpc) is 2.70. The van der Waals surface area contributed by atoms with Gasteiger partial charge in [-0.05, 0) is 67.9 Å². The topological polar surface area (TPSA) is 84.0 Å². The van der Waals surface area contributed by atoms with Gasteiger partial charge >= 0.3 is 0 Å². The van der Waals surface area contributed by atoms with Crippen molar-refractivity contribution in [2.24, 2.45) is 5.10 Å². The molecule has 0 aliphatic rings. The zero-order valence-electron chi connectivity index (χ0n) is 17.0. The first kappa shape index (κ1) is 22.2. The highest BCUT2D eigenvalue weighted by atomic mass is 32.1. The molecule has 0 saturated carbocycles. The Bertz CT molecular complexity index is 879. The van der Waals surface area contributed by atoms with Crippen molar-refractivity contribution in [3.8, 4) is 11.5 Å². The first-order chi connectivity index (χ1) is 13.9. The molecule has 0 atom stereocenters. The minimum Gasteiger partial charge on any atom is -0.493 e. The third-order valence-corrected chi connectivity index (χ3v) is 4.21. The maximum Gasteiger partial charge on any atom is 0.257 e. The predicted octanol–water partition coefficient (Wildman–Crippen LogP) is 3.15. The van der Waals surface area contributed by atoms with Crippen molar-refractivity contribution in [2.75, 3.05) is 25.6 Å². The number of hydrazone groups is 1. The van der Waals surface area contributed by atoms with Gasteiger partial charge in [-0.2, -0.15) is 5.10 Å². The number of benzene rings is 2. The van der Waals surface area contributed by atoms with E-state index in [1.54, 1.807) is 18.3 Å². The second-order valence-corrected chi connectivity index (χ2v) is 6.65. The van der Waals surface area contributed by atoms with E-state index in [4.69, 9.17) is 21.7 Å². The molecule has 0 radical (unpaired) electrons. The van der Waals surface area contributed by atoms with Crippen LogP contribution in [0.4, 0.5) is 5.69 Å². The number of carbonyl (C=O) groups is 1. The number of nitrogens with one attached hydrogen (secondary N) is 3. The Balaban J connectivity index is 1.96. The lowest BCUT2D eigenvalue weighted by Crippen LogP contribution is -2.28. The zero-order valence-corrected chi connectivity index (χ0v) is 17.9. The molecule has 8 heteroatoms. The van der Waals surface area contributed by atoms with Crippen LogP contribution in [0.1, 0.15) is 23.6 Å². The van der Waals surface area contributed by atoms with Gasteiger partial charge in [0.2, 0.25) is 0 Å². The number of amides is 1. The van der Waals surface area contributed by atoms with Crippen LogP contribution in [0.5, 0.6) is 11.5 Å². The number of nitrogens with zero attached hydrogens (tertiary/aromatic N) is 1. The molecular formula is C21H26N4O3S. The van der Waals surface area contributed by atoms with E-state index < -0.39 is 0 Å². The van der Waals surface area contributed by atoms with Gasteiger partial charge in [0.25, 0.3) is 5.91 Å². The molecule has 0 aliphatic heterocycles. The molecule has 0 unspecified atom stereocenters. The van der Waals surface area contributed by atoms with Crippen molar-refractivity contribution >= 4 is 35.1 Å². The molecular weight excluding hydrogens is 388 g/mol. The van der Waals surface area contributed by atoms with Gasteiger partial charge in [0.05, 0.1) is 13.3 Å². The van der Waals surface area contributed by atoms with Crippen molar-refractivity contribution in [3.05, 3.63) is 53.1 Å². The van der Waals surface area contributed by atoms with E-state index in [2.05, 4.69) is 21.2 Å². The first-order valence-electron chi connectivity index (χ1n) is 9.18. The van der Waals surface area contributed by atoms with Crippen LogP contribution in [0.2, 0.25) is 0 Å². The Kier molecular flexibility index (Phi) is 8.42. The third kappa shape index (κ3) is 6.76. The van der Waals surface area contributed by atoms with Gasteiger partial charge in [0.1, 0.15) is 0 Å². The Hall–Kier alpha value is -3.13. The summed E-state index contributed by atoms with van der Waals surface area (Å²) in [4.78, 5) is 11.5. The number of carbonyl (C=O) groups excluding carboxylic acids is 1. The van der Waals surface area contributed by atoms with E-state index in [-0.39, 0.29) is 12.5 Å². The second kappa shape index (κ2) is 11.0. The molecule has 29 heavy (non-hydrogen) atoms. The minimum absolute atomic E-state index is 0.0720. The largest absolute Gasteiger partial charge is 0.493 e. The monoisotopic (exact) mass is 414 g/mol. The molecule has 0 spiro atoms. The predicted molar refractivity (Wildman–Crippen MR) is 120 cm³/mol. The van der Waals surface area contributed by atoms with Gasteiger partial charge in [-0.25, -0.2) is 0 Å². The molecule has 7 nitrogen and oxygen atoms in total. The molecule has 1 amide bonds. The fourth-order valence-corrected chi connectivity index (χ4v) is 2.75. The molecule has 0 bridgehead atoms. The number of methoxy groups -OCH3 is 1. The third-order valence-electron chi connectivity index (χ3n) is 4.02. The molecule has 0 heterocycles. The Labute approximate surface area is 176 Å². The van der Waals surface area contributed by atoms with Gasteiger partial charge in [-0.1, -0.05) is 18.2 Å². The number of para-hydroxylation sites is 1. The van der Waals surface area contributed by atoms with E-state index in [9.17, 15) is 4.79 Å². The number of anilines is 1. The van der Waals surface area contributed by atoms with Crippen LogP contribution in [0.3, 0.4) is 0 Å². The summed E-state index contributed by atoms with van der Waals surface area (Å²) < 4.78 is 10.8. The molecule has 2 aromatic rings. The summed E-state index contributed by atoms with van der Waals surface area (Å²) in [5.74, 6) is 0.805. The molecule has 2 rings (SSSR count). The summed E-state index contributed by atoms with van der Waals surface area (Å²) in [6, 6.07) is 11.3. The van der Waals surface area contributed by atoms with Crippen LogP contribution in [0.25, 0.3) is 0 Å².